The highest BCUT2D eigenvalue weighted by atomic mass is 127. The van der Waals surface area contributed by atoms with Crippen LogP contribution in [0.2, 0.25) is 8.67 Å². The predicted octanol–water partition coefficient (Wildman–Crippen LogP) is 4.31. The van der Waals surface area contributed by atoms with E-state index in [2.05, 4.69) is 4.98 Å². The number of halogens is 3. The molecule has 0 atom stereocenters. The summed E-state index contributed by atoms with van der Waals surface area (Å²) in [6.07, 6.45) is 1.56. The molecule has 2 heterocycles. The third-order valence-electron chi connectivity index (χ3n) is 1.41. The second-order valence-electron chi connectivity index (χ2n) is 2.22. The molecule has 0 aromatic carbocycles. The highest BCUT2D eigenvalue weighted by molar-refractivity contribution is 14.1. The summed E-state index contributed by atoms with van der Waals surface area (Å²) in [6, 6.07) is 1.78. The van der Waals surface area contributed by atoms with Crippen LogP contribution in [0.15, 0.2) is 16.7 Å². The lowest BCUT2D eigenvalue weighted by Crippen LogP contribution is -1.73. The normalized spacial score (nSPS) is 10.7. The predicted molar refractivity (Wildman–Crippen MR) is 62.6 cm³/mol. The number of aromatic nitrogens is 1. The standard InChI is InChI=1S/C7H2Cl2INOS/c8-5-1-3(6(9)13-5)4-2-12-7(10)11-4/h1-2H. The van der Waals surface area contributed by atoms with Crippen LogP contribution in [0.1, 0.15) is 0 Å². The average molecular weight is 346 g/mol. The zero-order valence-corrected chi connectivity index (χ0v) is 10.5. The molecule has 6 heteroatoms. The molecule has 0 fully saturated rings. The molecule has 2 rings (SSSR count). The van der Waals surface area contributed by atoms with Crippen LogP contribution in [0.25, 0.3) is 11.3 Å². The Balaban J connectivity index is 2.51. The first-order valence-corrected chi connectivity index (χ1v) is 5.88. The van der Waals surface area contributed by atoms with Crippen molar-refractivity contribution in [1.82, 2.24) is 4.98 Å². The topological polar surface area (TPSA) is 26.0 Å². The fourth-order valence-corrected chi connectivity index (χ4v) is 2.76. The Kier molecular flexibility index (Phi) is 2.83. The molecule has 0 unspecified atom stereocenters. The first-order chi connectivity index (χ1) is 6.16. The fourth-order valence-electron chi connectivity index (χ4n) is 0.890. The van der Waals surface area contributed by atoms with E-state index in [4.69, 9.17) is 27.6 Å². The number of nitrogens with zero attached hydrogens (tertiary/aromatic N) is 1. The maximum atomic E-state index is 5.94. The molecular weight excluding hydrogens is 344 g/mol. The Bertz CT molecular complexity index is 439. The van der Waals surface area contributed by atoms with Gasteiger partial charge in [-0.3, -0.25) is 0 Å². The molecule has 2 aromatic rings. The summed E-state index contributed by atoms with van der Waals surface area (Å²) in [4.78, 5) is 4.14. The summed E-state index contributed by atoms with van der Waals surface area (Å²) in [5, 5.41) is 0. The van der Waals surface area contributed by atoms with Gasteiger partial charge in [-0.1, -0.05) is 23.2 Å². The van der Waals surface area contributed by atoms with E-state index in [1.54, 1.807) is 12.3 Å². The molecular formula is C7H2Cl2INOS. The molecule has 0 bridgehead atoms. The van der Waals surface area contributed by atoms with Crippen molar-refractivity contribution in [2.75, 3.05) is 0 Å². The van der Waals surface area contributed by atoms with Gasteiger partial charge in [-0.15, -0.1) is 11.3 Å². The van der Waals surface area contributed by atoms with Gasteiger partial charge >= 0.3 is 0 Å². The van der Waals surface area contributed by atoms with E-state index < -0.39 is 0 Å². The van der Waals surface area contributed by atoms with Gasteiger partial charge in [-0.25, -0.2) is 4.98 Å². The van der Waals surface area contributed by atoms with Crippen molar-refractivity contribution in [3.8, 4) is 11.3 Å². The largest absolute Gasteiger partial charge is 0.440 e. The maximum Gasteiger partial charge on any atom is 0.257 e. The first kappa shape index (κ1) is 9.76. The van der Waals surface area contributed by atoms with E-state index in [-0.39, 0.29) is 0 Å². The summed E-state index contributed by atoms with van der Waals surface area (Å²) in [5.41, 5.74) is 1.54. The molecule has 0 radical (unpaired) electrons. The molecule has 0 spiro atoms. The van der Waals surface area contributed by atoms with Crippen LogP contribution in [-0.4, -0.2) is 4.98 Å². The summed E-state index contributed by atoms with van der Waals surface area (Å²) >= 11 is 15.1. The van der Waals surface area contributed by atoms with E-state index >= 15 is 0 Å². The summed E-state index contributed by atoms with van der Waals surface area (Å²) < 4.78 is 6.94. The smallest absolute Gasteiger partial charge is 0.257 e. The lowest BCUT2D eigenvalue weighted by Gasteiger charge is -1.87. The highest BCUT2D eigenvalue weighted by Gasteiger charge is 2.11. The Hall–Kier alpha value is 0.220. The zero-order chi connectivity index (χ0) is 9.42. The quantitative estimate of drug-likeness (QED) is 0.719. The van der Waals surface area contributed by atoms with Crippen LogP contribution in [0.5, 0.6) is 0 Å². The van der Waals surface area contributed by atoms with Gasteiger partial charge in [0.25, 0.3) is 3.90 Å². The summed E-state index contributed by atoms with van der Waals surface area (Å²) in [6.45, 7) is 0. The van der Waals surface area contributed by atoms with E-state index in [1.165, 1.54) is 11.3 Å². The Morgan fingerprint density at radius 3 is 2.69 bits per heavy atom. The van der Waals surface area contributed by atoms with Crippen molar-refractivity contribution in [3.63, 3.8) is 0 Å². The molecule has 0 aliphatic heterocycles. The molecule has 0 saturated heterocycles. The number of rotatable bonds is 1. The van der Waals surface area contributed by atoms with Crippen molar-refractivity contribution in [2.45, 2.75) is 0 Å². The Morgan fingerprint density at radius 1 is 1.46 bits per heavy atom. The van der Waals surface area contributed by atoms with Gasteiger partial charge in [0.05, 0.1) is 4.34 Å². The lowest BCUT2D eigenvalue weighted by molar-refractivity contribution is 0.525. The molecule has 2 nitrogen and oxygen atoms in total. The van der Waals surface area contributed by atoms with E-state index in [1.807, 2.05) is 22.6 Å². The van der Waals surface area contributed by atoms with E-state index in [0.717, 1.165) is 11.3 Å². The second kappa shape index (κ2) is 3.76. The monoisotopic (exact) mass is 345 g/mol. The van der Waals surface area contributed by atoms with E-state index in [0.29, 0.717) is 12.6 Å². The Labute approximate surface area is 102 Å². The van der Waals surface area contributed by atoms with Crippen LogP contribution in [0, 0.1) is 3.90 Å². The third-order valence-corrected chi connectivity index (χ3v) is 3.39. The van der Waals surface area contributed by atoms with Gasteiger partial charge in [0.15, 0.2) is 0 Å². The van der Waals surface area contributed by atoms with Crippen LogP contribution in [0.3, 0.4) is 0 Å². The summed E-state index contributed by atoms with van der Waals surface area (Å²) in [7, 11) is 0. The second-order valence-corrected chi connectivity index (χ2v) is 5.43. The molecule has 13 heavy (non-hydrogen) atoms. The first-order valence-electron chi connectivity index (χ1n) is 3.23. The van der Waals surface area contributed by atoms with Crippen molar-refractivity contribution < 1.29 is 4.42 Å². The number of hydrogen-bond donors (Lipinski definition) is 0. The fraction of sp³-hybridized carbons (Fsp3) is 0. The van der Waals surface area contributed by atoms with Gasteiger partial charge in [0, 0.05) is 28.2 Å². The van der Waals surface area contributed by atoms with Crippen LogP contribution in [0.4, 0.5) is 0 Å². The zero-order valence-electron chi connectivity index (χ0n) is 6.05. The molecule has 68 valence electrons. The number of oxazole rings is 1. The van der Waals surface area contributed by atoms with E-state index in [9.17, 15) is 0 Å². The molecule has 2 aromatic heterocycles. The molecule has 0 saturated carbocycles. The summed E-state index contributed by atoms with van der Waals surface area (Å²) in [5.74, 6) is 0. The molecule has 0 aliphatic carbocycles. The van der Waals surface area contributed by atoms with Crippen LogP contribution in [-0.2, 0) is 0 Å². The molecule has 0 N–H and O–H groups in total. The van der Waals surface area contributed by atoms with Gasteiger partial charge < -0.3 is 4.42 Å². The van der Waals surface area contributed by atoms with Gasteiger partial charge in [0.1, 0.15) is 16.3 Å². The van der Waals surface area contributed by atoms with Gasteiger partial charge in [0.2, 0.25) is 0 Å². The maximum absolute atomic E-state index is 5.94. The van der Waals surface area contributed by atoms with Crippen molar-refractivity contribution >= 4 is 57.1 Å². The molecule has 0 aliphatic rings. The minimum Gasteiger partial charge on any atom is -0.440 e. The average Bonchev–Trinajstić information content (AvgIpc) is 2.58. The van der Waals surface area contributed by atoms with Crippen molar-refractivity contribution in [3.05, 3.63) is 24.9 Å². The minimum absolute atomic E-state index is 0.589. The van der Waals surface area contributed by atoms with Crippen molar-refractivity contribution in [2.24, 2.45) is 0 Å². The third kappa shape index (κ3) is 2.01. The highest BCUT2D eigenvalue weighted by Crippen LogP contribution is 2.37. The van der Waals surface area contributed by atoms with Crippen LogP contribution >= 0.6 is 57.1 Å². The lowest BCUT2D eigenvalue weighted by atomic mass is 10.3. The molecule has 0 amide bonds. The number of thiophene rings is 1. The SMILES string of the molecule is Clc1cc(-c2coc(I)n2)c(Cl)s1. The number of hydrogen-bond acceptors (Lipinski definition) is 3. The van der Waals surface area contributed by atoms with Crippen LogP contribution < -0.4 is 0 Å². The van der Waals surface area contributed by atoms with Gasteiger partial charge in [-0.05, 0) is 6.07 Å². The van der Waals surface area contributed by atoms with Gasteiger partial charge in [-0.2, -0.15) is 0 Å². The minimum atomic E-state index is 0.589. The van der Waals surface area contributed by atoms with Crippen molar-refractivity contribution in [1.29, 1.82) is 0 Å². The Morgan fingerprint density at radius 2 is 2.23 bits per heavy atom.